The van der Waals surface area contributed by atoms with Gasteiger partial charge in [0.05, 0.1) is 4.47 Å². The maximum atomic E-state index is 5.16. The summed E-state index contributed by atoms with van der Waals surface area (Å²) >= 11 is 3.47. The van der Waals surface area contributed by atoms with Crippen LogP contribution in [-0.2, 0) is 6.42 Å². The molecule has 0 unspecified atom stereocenters. The maximum Gasteiger partial charge on any atom is 0.184 e. The van der Waals surface area contributed by atoms with Crippen LogP contribution in [0.1, 0.15) is 12.5 Å². The average molecular weight is 199 g/mol. The number of ether oxygens (including phenoxy) is 1. The summed E-state index contributed by atoms with van der Waals surface area (Å²) in [6.07, 6.45) is 1.05. The zero-order valence-corrected chi connectivity index (χ0v) is 7.23. The molecule has 0 spiro atoms. The fourth-order valence-corrected chi connectivity index (χ4v) is 1.70. The van der Waals surface area contributed by atoms with E-state index in [0.717, 1.165) is 22.4 Å². The van der Waals surface area contributed by atoms with Crippen LogP contribution in [0.15, 0.2) is 16.6 Å². The SMILES string of the molecule is CCc1ccc2c(c1Br)O2. The molecule has 0 N–H and O–H groups in total. The van der Waals surface area contributed by atoms with E-state index in [2.05, 4.69) is 28.9 Å². The van der Waals surface area contributed by atoms with Gasteiger partial charge in [0.2, 0.25) is 0 Å². The molecule has 0 fully saturated rings. The summed E-state index contributed by atoms with van der Waals surface area (Å²) in [5.74, 6) is 2.04. The normalized spacial score (nSPS) is 12.2. The zero-order chi connectivity index (χ0) is 7.14. The second kappa shape index (κ2) is 1.99. The molecule has 0 aliphatic carbocycles. The highest BCUT2D eigenvalue weighted by molar-refractivity contribution is 9.10. The fourth-order valence-electron chi connectivity index (χ4n) is 1.02. The van der Waals surface area contributed by atoms with Crippen LogP contribution in [0.2, 0.25) is 0 Å². The highest BCUT2D eigenvalue weighted by Gasteiger charge is 2.24. The summed E-state index contributed by atoms with van der Waals surface area (Å²) in [5, 5.41) is 0. The second-order valence-corrected chi connectivity index (χ2v) is 3.11. The first-order valence-electron chi connectivity index (χ1n) is 3.32. The number of rotatable bonds is 1. The van der Waals surface area contributed by atoms with Crippen LogP contribution in [0.3, 0.4) is 0 Å². The lowest BCUT2D eigenvalue weighted by Gasteiger charge is -1.93. The van der Waals surface area contributed by atoms with E-state index in [0.29, 0.717) is 0 Å². The summed E-state index contributed by atoms with van der Waals surface area (Å²) in [7, 11) is 0. The van der Waals surface area contributed by atoms with Gasteiger partial charge in [0.25, 0.3) is 0 Å². The van der Waals surface area contributed by atoms with Crippen LogP contribution in [0.4, 0.5) is 0 Å². The van der Waals surface area contributed by atoms with E-state index in [1.807, 2.05) is 6.07 Å². The van der Waals surface area contributed by atoms with Crippen LogP contribution in [0.25, 0.3) is 0 Å². The van der Waals surface area contributed by atoms with Gasteiger partial charge in [-0.1, -0.05) is 13.0 Å². The van der Waals surface area contributed by atoms with Crippen molar-refractivity contribution in [3.8, 4) is 11.5 Å². The predicted octanol–water partition coefficient (Wildman–Crippen LogP) is 3.12. The minimum absolute atomic E-state index is 1.02. The van der Waals surface area contributed by atoms with Crippen molar-refractivity contribution >= 4 is 15.9 Å². The number of hydrogen-bond donors (Lipinski definition) is 0. The lowest BCUT2D eigenvalue weighted by atomic mass is 10.2. The van der Waals surface area contributed by atoms with E-state index < -0.39 is 0 Å². The molecule has 1 aromatic carbocycles. The monoisotopic (exact) mass is 198 g/mol. The van der Waals surface area contributed by atoms with Crippen molar-refractivity contribution < 1.29 is 4.74 Å². The Kier molecular flexibility index (Phi) is 1.24. The van der Waals surface area contributed by atoms with E-state index in [4.69, 9.17) is 4.74 Å². The molecule has 10 heavy (non-hydrogen) atoms. The molecule has 52 valence electrons. The molecule has 0 atom stereocenters. The summed E-state index contributed by atoms with van der Waals surface area (Å²) in [6, 6.07) is 4.11. The van der Waals surface area contributed by atoms with Gasteiger partial charge in [0, 0.05) is 0 Å². The molecule has 2 rings (SSSR count). The maximum absolute atomic E-state index is 5.16. The third-order valence-corrected chi connectivity index (χ3v) is 2.56. The zero-order valence-electron chi connectivity index (χ0n) is 5.65. The summed E-state index contributed by atoms with van der Waals surface area (Å²) < 4.78 is 6.30. The Bertz CT molecular complexity index is 281. The van der Waals surface area contributed by atoms with Gasteiger partial charge in [-0.3, -0.25) is 0 Å². The molecule has 0 saturated carbocycles. The third-order valence-electron chi connectivity index (χ3n) is 1.69. The number of fused-ring (bicyclic) bond motifs is 1. The van der Waals surface area contributed by atoms with Gasteiger partial charge in [-0.05, 0) is 34.0 Å². The van der Waals surface area contributed by atoms with E-state index in [1.54, 1.807) is 0 Å². The van der Waals surface area contributed by atoms with E-state index in [1.165, 1.54) is 5.56 Å². The van der Waals surface area contributed by atoms with Crippen molar-refractivity contribution in [2.24, 2.45) is 0 Å². The van der Waals surface area contributed by atoms with Crippen molar-refractivity contribution in [2.75, 3.05) is 0 Å². The van der Waals surface area contributed by atoms with Crippen molar-refractivity contribution in [1.82, 2.24) is 0 Å². The second-order valence-electron chi connectivity index (χ2n) is 2.32. The smallest absolute Gasteiger partial charge is 0.184 e. The first kappa shape index (κ1) is 6.23. The Balaban J connectivity index is 2.54. The van der Waals surface area contributed by atoms with Crippen molar-refractivity contribution in [1.29, 1.82) is 0 Å². The molecular weight excluding hydrogens is 192 g/mol. The fraction of sp³-hybridized carbons (Fsp3) is 0.250. The van der Waals surface area contributed by atoms with E-state index >= 15 is 0 Å². The quantitative estimate of drug-likeness (QED) is 0.642. The number of aryl methyl sites for hydroxylation is 1. The minimum Gasteiger partial charge on any atom is -0.448 e. The lowest BCUT2D eigenvalue weighted by molar-refractivity contribution is 0.647. The van der Waals surface area contributed by atoms with Crippen molar-refractivity contribution in [3.05, 3.63) is 22.2 Å². The standard InChI is InChI=1S/C8H7BrO/c1-2-5-3-4-6-8(10-6)7(5)9/h3-4H,2H2,1H3. The Morgan fingerprint density at radius 3 is 3.00 bits per heavy atom. The summed E-state index contributed by atoms with van der Waals surface area (Å²) in [4.78, 5) is 0. The van der Waals surface area contributed by atoms with Gasteiger partial charge in [-0.15, -0.1) is 0 Å². The predicted molar refractivity (Wildman–Crippen MR) is 43.6 cm³/mol. The Morgan fingerprint density at radius 2 is 2.30 bits per heavy atom. The topological polar surface area (TPSA) is 12.5 Å². The Labute approximate surface area is 68.1 Å². The molecule has 2 heteroatoms. The molecule has 0 bridgehead atoms. The molecular formula is C8H7BrO. The minimum atomic E-state index is 1.02. The van der Waals surface area contributed by atoms with Gasteiger partial charge in [0.1, 0.15) is 0 Å². The molecule has 1 heterocycles. The van der Waals surface area contributed by atoms with E-state index in [-0.39, 0.29) is 0 Å². The van der Waals surface area contributed by atoms with Gasteiger partial charge in [-0.2, -0.15) is 0 Å². The third kappa shape index (κ3) is 0.754. The molecule has 1 nitrogen and oxygen atoms in total. The Hall–Kier alpha value is -0.500. The Morgan fingerprint density at radius 1 is 1.50 bits per heavy atom. The van der Waals surface area contributed by atoms with Gasteiger partial charge < -0.3 is 4.74 Å². The number of halogens is 1. The van der Waals surface area contributed by atoms with Gasteiger partial charge >= 0.3 is 0 Å². The van der Waals surface area contributed by atoms with E-state index in [9.17, 15) is 0 Å². The van der Waals surface area contributed by atoms with Crippen LogP contribution in [-0.4, -0.2) is 0 Å². The lowest BCUT2D eigenvalue weighted by Crippen LogP contribution is -1.76. The highest BCUT2D eigenvalue weighted by Crippen LogP contribution is 2.51. The largest absolute Gasteiger partial charge is 0.448 e. The number of hydrogen-bond acceptors (Lipinski definition) is 1. The van der Waals surface area contributed by atoms with Crippen LogP contribution < -0.4 is 4.74 Å². The highest BCUT2D eigenvalue weighted by atomic mass is 79.9. The van der Waals surface area contributed by atoms with Crippen molar-refractivity contribution in [2.45, 2.75) is 13.3 Å². The first-order chi connectivity index (χ1) is 4.83. The average Bonchev–Trinajstić information content (AvgIpc) is 2.68. The number of benzene rings is 1. The summed E-state index contributed by atoms with van der Waals surface area (Å²) in [5.41, 5.74) is 1.32. The van der Waals surface area contributed by atoms with Crippen LogP contribution in [0, 0.1) is 0 Å². The molecule has 0 amide bonds. The molecule has 1 aliphatic rings. The molecule has 1 aromatic rings. The van der Waals surface area contributed by atoms with Gasteiger partial charge in [0.15, 0.2) is 11.5 Å². The molecule has 0 aromatic heterocycles. The van der Waals surface area contributed by atoms with Gasteiger partial charge in [-0.25, -0.2) is 0 Å². The van der Waals surface area contributed by atoms with Crippen LogP contribution in [0.5, 0.6) is 11.5 Å². The van der Waals surface area contributed by atoms with Crippen molar-refractivity contribution in [3.63, 3.8) is 0 Å². The molecule has 1 aliphatic heterocycles. The van der Waals surface area contributed by atoms with Crippen LogP contribution >= 0.6 is 15.9 Å². The molecule has 0 saturated heterocycles. The molecule has 0 radical (unpaired) electrons. The first-order valence-corrected chi connectivity index (χ1v) is 4.11. The summed E-state index contributed by atoms with van der Waals surface area (Å²) in [6.45, 7) is 2.13.